The van der Waals surface area contributed by atoms with Gasteiger partial charge in [0.05, 0.1) is 12.6 Å². The Labute approximate surface area is 180 Å². The van der Waals surface area contributed by atoms with E-state index in [9.17, 15) is 14.7 Å². The van der Waals surface area contributed by atoms with Crippen LogP contribution in [0.5, 0.6) is 0 Å². The van der Waals surface area contributed by atoms with E-state index in [4.69, 9.17) is 9.62 Å². The zero-order chi connectivity index (χ0) is 22.2. The van der Waals surface area contributed by atoms with Gasteiger partial charge in [0.15, 0.2) is 5.76 Å². The summed E-state index contributed by atoms with van der Waals surface area (Å²) >= 11 is 0. The lowest BCUT2D eigenvalue weighted by molar-refractivity contribution is -0.133. The van der Waals surface area contributed by atoms with Crippen LogP contribution in [0, 0.1) is 23.7 Å². The second kappa shape index (κ2) is 10.5. The molecule has 2 amide bonds. The summed E-state index contributed by atoms with van der Waals surface area (Å²) in [6.07, 6.45) is 1.26. The van der Waals surface area contributed by atoms with Crippen LogP contribution < -0.4 is 16.1 Å². The van der Waals surface area contributed by atoms with Crippen molar-refractivity contribution in [2.24, 2.45) is 0 Å². The summed E-state index contributed by atoms with van der Waals surface area (Å²) in [4.78, 5) is 23.8. The molecule has 1 aliphatic carbocycles. The maximum atomic E-state index is 12.2. The highest BCUT2D eigenvalue weighted by Crippen LogP contribution is 2.19. The summed E-state index contributed by atoms with van der Waals surface area (Å²) in [5.41, 5.74) is 2.34. The number of aliphatic hydroxyl groups is 1. The molecule has 0 saturated heterocycles. The van der Waals surface area contributed by atoms with Crippen molar-refractivity contribution in [2.75, 3.05) is 0 Å². The zero-order valence-electron chi connectivity index (χ0n) is 16.9. The summed E-state index contributed by atoms with van der Waals surface area (Å²) in [7, 11) is 0. The Morgan fingerprint density at radius 1 is 1.13 bits per heavy atom. The maximum absolute atomic E-state index is 12.2. The Hall–Kier alpha value is -3.56. The van der Waals surface area contributed by atoms with E-state index in [1.165, 1.54) is 37.4 Å². The molecule has 0 radical (unpaired) electrons. The van der Waals surface area contributed by atoms with Crippen LogP contribution in [0.2, 0.25) is 0 Å². The van der Waals surface area contributed by atoms with Crippen molar-refractivity contribution < 1.29 is 24.3 Å². The number of hydrogen-bond donors (Lipinski definition) is 5. The van der Waals surface area contributed by atoms with Crippen LogP contribution in [0.15, 0.2) is 40.8 Å². The van der Waals surface area contributed by atoms with Gasteiger partial charge in [0.25, 0.3) is 11.8 Å². The number of amides is 2. The molecular weight excluding hydrogens is 398 g/mol. The first kappa shape index (κ1) is 22.1. The fourth-order valence-corrected chi connectivity index (χ4v) is 2.67. The smallest absolute Gasteiger partial charge is 0.268 e. The summed E-state index contributed by atoms with van der Waals surface area (Å²) in [5.74, 6) is 11.1. The number of rotatable bonds is 7. The van der Waals surface area contributed by atoms with Crippen LogP contribution in [0.25, 0.3) is 0 Å². The van der Waals surface area contributed by atoms with Crippen LogP contribution in [-0.2, 0) is 11.3 Å². The quantitative estimate of drug-likeness (QED) is 0.257. The number of carbonyl (C=O) groups excluding carboxylic acids is 2. The van der Waals surface area contributed by atoms with Gasteiger partial charge in [0, 0.05) is 17.2 Å². The third-order valence-electron chi connectivity index (χ3n) is 4.57. The number of aliphatic hydroxyl groups excluding tert-OH is 1. The van der Waals surface area contributed by atoms with Gasteiger partial charge in [-0.3, -0.25) is 14.8 Å². The van der Waals surface area contributed by atoms with E-state index in [1.54, 1.807) is 12.1 Å². The van der Waals surface area contributed by atoms with Crippen LogP contribution >= 0.6 is 0 Å². The van der Waals surface area contributed by atoms with Crippen LogP contribution in [0.4, 0.5) is 0 Å². The molecule has 5 N–H and O–H groups in total. The molecule has 1 aliphatic rings. The van der Waals surface area contributed by atoms with Gasteiger partial charge >= 0.3 is 0 Å². The molecule has 160 valence electrons. The molecule has 2 aromatic rings. The van der Waals surface area contributed by atoms with Crippen molar-refractivity contribution >= 4 is 11.8 Å². The second-order valence-corrected chi connectivity index (χ2v) is 7.17. The zero-order valence-corrected chi connectivity index (χ0v) is 16.9. The summed E-state index contributed by atoms with van der Waals surface area (Å²) < 4.78 is 5.62. The molecule has 31 heavy (non-hydrogen) atoms. The third-order valence-corrected chi connectivity index (χ3v) is 4.57. The van der Waals surface area contributed by atoms with Gasteiger partial charge in [-0.1, -0.05) is 5.92 Å². The number of hydrogen-bond acceptors (Lipinski definition) is 6. The largest absolute Gasteiger partial charge is 0.451 e. The Bertz CT molecular complexity index is 1050. The first-order valence-electron chi connectivity index (χ1n) is 9.83. The average molecular weight is 421 g/mol. The SMILES string of the molecule is C[C@@H](O)[C@H](NC(=O)c1ccc(C#CC#Cc2ccc(CNC3CC3)o2)cc1)C(=O)NO. The van der Waals surface area contributed by atoms with Crippen molar-refractivity contribution in [1.29, 1.82) is 0 Å². The third kappa shape index (κ3) is 6.73. The van der Waals surface area contributed by atoms with Crippen molar-refractivity contribution in [3.63, 3.8) is 0 Å². The van der Waals surface area contributed by atoms with Gasteiger partial charge in [0.2, 0.25) is 0 Å². The lowest BCUT2D eigenvalue weighted by atomic mass is 10.1. The minimum Gasteiger partial charge on any atom is -0.451 e. The Balaban J connectivity index is 1.55. The van der Waals surface area contributed by atoms with Crippen molar-refractivity contribution in [1.82, 2.24) is 16.1 Å². The number of carbonyl (C=O) groups is 2. The van der Waals surface area contributed by atoms with Gasteiger partial charge in [-0.25, -0.2) is 5.48 Å². The van der Waals surface area contributed by atoms with Crippen LogP contribution in [0.3, 0.4) is 0 Å². The highest BCUT2D eigenvalue weighted by Gasteiger charge is 2.25. The molecule has 8 nitrogen and oxygen atoms in total. The van der Waals surface area contributed by atoms with Crippen molar-refractivity contribution in [2.45, 2.75) is 44.5 Å². The van der Waals surface area contributed by atoms with Gasteiger partial charge < -0.3 is 20.2 Å². The van der Waals surface area contributed by atoms with Crippen molar-refractivity contribution in [3.05, 3.63) is 59.0 Å². The lowest BCUT2D eigenvalue weighted by Gasteiger charge is -2.19. The van der Waals surface area contributed by atoms with E-state index in [2.05, 4.69) is 34.3 Å². The predicted molar refractivity (Wildman–Crippen MR) is 112 cm³/mol. The molecule has 0 unspecified atom stereocenters. The molecule has 0 aliphatic heterocycles. The molecule has 1 aromatic carbocycles. The van der Waals surface area contributed by atoms with Gasteiger partial charge in [-0.2, -0.15) is 0 Å². The summed E-state index contributed by atoms with van der Waals surface area (Å²) in [6.45, 7) is 2.02. The number of nitrogens with one attached hydrogen (secondary N) is 3. The average Bonchev–Trinajstić information content (AvgIpc) is 3.50. The Kier molecular flexibility index (Phi) is 7.47. The van der Waals surface area contributed by atoms with E-state index in [1.807, 2.05) is 12.1 Å². The minimum atomic E-state index is -1.28. The molecule has 1 saturated carbocycles. The molecule has 0 bridgehead atoms. The molecule has 1 heterocycles. The maximum Gasteiger partial charge on any atom is 0.268 e. The van der Waals surface area contributed by atoms with E-state index < -0.39 is 24.0 Å². The number of hydroxylamine groups is 1. The van der Waals surface area contributed by atoms with Gasteiger partial charge in [-0.15, -0.1) is 0 Å². The fraction of sp³-hybridized carbons (Fsp3) is 0.304. The van der Waals surface area contributed by atoms with E-state index >= 15 is 0 Å². The molecule has 8 heteroatoms. The monoisotopic (exact) mass is 421 g/mol. The minimum absolute atomic E-state index is 0.274. The normalized spacial score (nSPS) is 14.3. The van der Waals surface area contributed by atoms with E-state index in [0.717, 1.165) is 5.76 Å². The van der Waals surface area contributed by atoms with Gasteiger partial charge in [-0.05, 0) is 73.9 Å². The highest BCUT2D eigenvalue weighted by molar-refractivity contribution is 5.97. The molecule has 1 fully saturated rings. The Morgan fingerprint density at radius 2 is 1.84 bits per heavy atom. The predicted octanol–water partition coefficient (Wildman–Crippen LogP) is 0.919. The van der Waals surface area contributed by atoms with Crippen LogP contribution in [-0.4, -0.2) is 40.3 Å². The molecular formula is C23H23N3O5. The van der Waals surface area contributed by atoms with E-state index in [0.29, 0.717) is 23.9 Å². The summed E-state index contributed by atoms with van der Waals surface area (Å²) in [5, 5.41) is 24.0. The Morgan fingerprint density at radius 3 is 2.48 bits per heavy atom. The molecule has 0 spiro atoms. The topological polar surface area (TPSA) is 124 Å². The number of furan rings is 1. The summed E-state index contributed by atoms with van der Waals surface area (Å²) in [6, 6.07) is 9.39. The first-order chi connectivity index (χ1) is 15.0. The van der Waals surface area contributed by atoms with Crippen LogP contribution in [0.1, 0.15) is 47.2 Å². The molecule has 3 rings (SSSR count). The lowest BCUT2D eigenvalue weighted by Crippen LogP contribution is -2.51. The molecule has 2 atom stereocenters. The second-order valence-electron chi connectivity index (χ2n) is 7.17. The first-order valence-corrected chi connectivity index (χ1v) is 9.83. The highest BCUT2D eigenvalue weighted by atomic mass is 16.5. The fourth-order valence-electron chi connectivity index (χ4n) is 2.67. The molecule has 1 aromatic heterocycles. The van der Waals surface area contributed by atoms with E-state index in [-0.39, 0.29) is 5.56 Å². The number of benzene rings is 1. The standard InChI is InChI=1S/C23H23N3O5/c1-15(27)21(23(29)26-30)25-22(28)17-8-6-16(7-9-17)4-2-3-5-19-12-13-20(31-19)14-24-18-10-11-18/h6-9,12-13,15,18,21,24,27,30H,10-11,14H2,1H3,(H,25,28)(H,26,29)/t15-,21+/m1/s1. The van der Waals surface area contributed by atoms with Crippen molar-refractivity contribution in [3.8, 4) is 23.7 Å². The van der Waals surface area contributed by atoms with Gasteiger partial charge in [0.1, 0.15) is 11.8 Å².